The van der Waals surface area contributed by atoms with Crippen molar-refractivity contribution in [2.75, 3.05) is 18.1 Å². The SMILES string of the molecule is CCc1csc(NC)c1N. The van der Waals surface area contributed by atoms with Crippen LogP contribution >= 0.6 is 11.3 Å². The molecule has 0 radical (unpaired) electrons. The smallest absolute Gasteiger partial charge is 0.112 e. The lowest BCUT2D eigenvalue weighted by Gasteiger charge is -1.97. The van der Waals surface area contributed by atoms with Gasteiger partial charge in [-0.15, -0.1) is 11.3 Å². The summed E-state index contributed by atoms with van der Waals surface area (Å²) in [6, 6.07) is 0. The molecule has 0 bridgehead atoms. The molecule has 56 valence electrons. The maximum atomic E-state index is 5.77. The third-order valence-corrected chi connectivity index (χ3v) is 2.58. The van der Waals surface area contributed by atoms with Gasteiger partial charge in [0.25, 0.3) is 0 Å². The van der Waals surface area contributed by atoms with Crippen LogP contribution in [0.25, 0.3) is 0 Å². The second-order valence-electron chi connectivity index (χ2n) is 2.11. The molecule has 0 aliphatic carbocycles. The number of nitrogens with one attached hydrogen (secondary N) is 1. The Balaban J connectivity index is 2.97. The zero-order valence-electron chi connectivity index (χ0n) is 6.27. The Labute approximate surface area is 65.1 Å². The Kier molecular flexibility index (Phi) is 2.17. The molecule has 0 fully saturated rings. The lowest BCUT2D eigenvalue weighted by molar-refractivity contribution is 1.16. The van der Waals surface area contributed by atoms with E-state index in [4.69, 9.17) is 5.73 Å². The maximum Gasteiger partial charge on any atom is 0.112 e. The van der Waals surface area contributed by atoms with Crippen LogP contribution in [0, 0.1) is 0 Å². The van der Waals surface area contributed by atoms with Gasteiger partial charge in [-0.05, 0) is 17.4 Å². The fourth-order valence-electron chi connectivity index (χ4n) is 0.870. The highest BCUT2D eigenvalue weighted by Crippen LogP contribution is 2.30. The van der Waals surface area contributed by atoms with Crippen LogP contribution < -0.4 is 11.1 Å². The third kappa shape index (κ3) is 1.09. The molecule has 3 N–H and O–H groups in total. The van der Waals surface area contributed by atoms with Crippen molar-refractivity contribution >= 4 is 22.0 Å². The van der Waals surface area contributed by atoms with Crippen LogP contribution in [0.2, 0.25) is 0 Å². The van der Waals surface area contributed by atoms with E-state index < -0.39 is 0 Å². The first kappa shape index (κ1) is 7.41. The summed E-state index contributed by atoms with van der Waals surface area (Å²) in [5.41, 5.74) is 7.93. The highest BCUT2D eigenvalue weighted by Gasteiger charge is 2.03. The van der Waals surface area contributed by atoms with E-state index in [-0.39, 0.29) is 0 Å². The third-order valence-electron chi connectivity index (χ3n) is 1.52. The van der Waals surface area contributed by atoms with E-state index >= 15 is 0 Å². The fraction of sp³-hybridized carbons (Fsp3) is 0.429. The Morgan fingerprint density at radius 2 is 2.40 bits per heavy atom. The summed E-state index contributed by atoms with van der Waals surface area (Å²) < 4.78 is 0. The quantitative estimate of drug-likeness (QED) is 0.686. The number of anilines is 2. The zero-order chi connectivity index (χ0) is 7.56. The summed E-state index contributed by atoms with van der Waals surface area (Å²) >= 11 is 1.66. The zero-order valence-corrected chi connectivity index (χ0v) is 7.09. The molecule has 0 spiro atoms. The number of rotatable bonds is 2. The summed E-state index contributed by atoms with van der Waals surface area (Å²) in [6.45, 7) is 2.11. The molecule has 2 nitrogen and oxygen atoms in total. The number of hydrogen-bond acceptors (Lipinski definition) is 3. The molecule has 1 aromatic heterocycles. The van der Waals surface area contributed by atoms with Gasteiger partial charge in [0.15, 0.2) is 0 Å². The van der Waals surface area contributed by atoms with Crippen molar-refractivity contribution in [1.29, 1.82) is 0 Å². The van der Waals surface area contributed by atoms with Crippen molar-refractivity contribution < 1.29 is 0 Å². The molecular formula is C7H12N2S. The Hall–Kier alpha value is -0.700. The molecule has 3 heteroatoms. The van der Waals surface area contributed by atoms with E-state index in [1.54, 1.807) is 11.3 Å². The minimum absolute atomic E-state index is 0.912. The van der Waals surface area contributed by atoms with E-state index in [0.717, 1.165) is 17.1 Å². The Morgan fingerprint density at radius 3 is 2.70 bits per heavy atom. The van der Waals surface area contributed by atoms with Crippen LogP contribution in [0.3, 0.4) is 0 Å². The van der Waals surface area contributed by atoms with Crippen molar-refractivity contribution in [2.45, 2.75) is 13.3 Å². The molecule has 0 saturated carbocycles. The predicted octanol–water partition coefficient (Wildman–Crippen LogP) is 1.93. The van der Waals surface area contributed by atoms with E-state index in [9.17, 15) is 0 Å². The molecule has 0 saturated heterocycles. The molecule has 0 aliphatic heterocycles. The summed E-state index contributed by atoms with van der Waals surface area (Å²) in [5.74, 6) is 0. The van der Waals surface area contributed by atoms with Crippen molar-refractivity contribution in [3.63, 3.8) is 0 Å². The second-order valence-corrected chi connectivity index (χ2v) is 2.99. The minimum Gasteiger partial charge on any atom is -0.396 e. The van der Waals surface area contributed by atoms with Gasteiger partial charge in [0.1, 0.15) is 5.00 Å². The first-order valence-corrected chi connectivity index (χ1v) is 4.21. The van der Waals surface area contributed by atoms with Crippen LogP contribution in [-0.2, 0) is 6.42 Å². The van der Waals surface area contributed by atoms with Gasteiger partial charge in [0.2, 0.25) is 0 Å². The lowest BCUT2D eigenvalue weighted by Crippen LogP contribution is -1.93. The highest BCUT2D eigenvalue weighted by molar-refractivity contribution is 7.15. The van der Waals surface area contributed by atoms with Crippen LogP contribution in [0.4, 0.5) is 10.7 Å². The molecule has 1 heterocycles. The number of aryl methyl sites for hydroxylation is 1. The van der Waals surface area contributed by atoms with Crippen LogP contribution in [0.15, 0.2) is 5.38 Å². The topological polar surface area (TPSA) is 38.0 Å². The molecule has 0 aromatic carbocycles. The predicted molar refractivity (Wildman–Crippen MR) is 47.7 cm³/mol. The Morgan fingerprint density at radius 1 is 1.70 bits per heavy atom. The van der Waals surface area contributed by atoms with Crippen molar-refractivity contribution in [1.82, 2.24) is 0 Å². The average molecular weight is 156 g/mol. The summed E-state index contributed by atoms with van der Waals surface area (Å²) in [5, 5.41) is 6.22. The van der Waals surface area contributed by atoms with Gasteiger partial charge in [-0.25, -0.2) is 0 Å². The lowest BCUT2D eigenvalue weighted by atomic mass is 10.2. The molecule has 0 aliphatic rings. The van der Waals surface area contributed by atoms with Crippen molar-refractivity contribution in [3.8, 4) is 0 Å². The number of thiophene rings is 1. The molecule has 10 heavy (non-hydrogen) atoms. The van der Waals surface area contributed by atoms with Crippen molar-refractivity contribution in [3.05, 3.63) is 10.9 Å². The van der Waals surface area contributed by atoms with Gasteiger partial charge in [0, 0.05) is 7.05 Å². The summed E-state index contributed by atoms with van der Waals surface area (Å²) in [4.78, 5) is 0. The standard InChI is InChI=1S/C7H12N2S/c1-3-5-4-10-7(9-2)6(5)8/h4,9H,3,8H2,1-2H3. The fourth-order valence-corrected chi connectivity index (χ4v) is 1.80. The van der Waals surface area contributed by atoms with Crippen LogP contribution in [0.5, 0.6) is 0 Å². The second kappa shape index (κ2) is 2.92. The van der Waals surface area contributed by atoms with Gasteiger partial charge < -0.3 is 11.1 Å². The first-order valence-electron chi connectivity index (χ1n) is 3.33. The molecular weight excluding hydrogens is 144 g/mol. The summed E-state index contributed by atoms with van der Waals surface area (Å²) in [7, 11) is 1.89. The van der Waals surface area contributed by atoms with Gasteiger partial charge in [-0.3, -0.25) is 0 Å². The van der Waals surface area contributed by atoms with Gasteiger partial charge >= 0.3 is 0 Å². The van der Waals surface area contributed by atoms with Gasteiger partial charge in [0.05, 0.1) is 5.69 Å². The highest BCUT2D eigenvalue weighted by atomic mass is 32.1. The number of nitrogen functional groups attached to an aromatic ring is 1. The average Bonchev–Trinajstić information content (AvgIpc) is 2.30. The van der Waals surface area contributed by atoms with Gasteiger partial charge in [-0.2, -0.15) is 0 Å². The monoisotopic (exact) mass is 156 g/mol. The van der Waals surface area contributed by atoms with Crippen molar-refractivity contribution in [2.24, 2.45) is 0 Å². The van der Waals surface area contributed by atoms with E-state index in [1.807, 2.05) is 7.05 Å². The normalized spacial score (nSPS) is 9.80. The molecule has 1 aromatic rings. The van der Waals surface area contributed by atoms with E-state index in [0.29, 0.717) is 0 Å². The van der Waals surface area contributed by atoms with E-state index in [2.05, 4.69) is 17.6 Å². The molecule has 1 rings (SSSR count). The van der Waals surface area contributed by atoms with E-state index in [1.165, 1.54) is 5.56 Å². The minimum atomic E-state index is 0.912. The maximum absolute atomic E-state index is 5.77. The number of hydrogen-bond donors (Lipinski definition) is 2. The van der Waals surface area contributed by atoms with Crippen LogP contribution in [-0.4, -0.2) is 7.05 Å². The molecule has 0 unspecified atom stereocenters. The van der Waals surface area contributed by atoms with Gasteiger partial charge in [-0.1, -0.05) is 6.92 Å². The number of nitrogens with two attached hydrogens (primary N) is 1. The summed E-state index contributed by atoms with van der Waals surface area (Å²) in [6.07, 6.45) is 1.02. The molecule has 0 atom stereocenters. The largest absolute Gasteiger partial charge is 0.396 e. The molecule has 0 amide bonds. The van der Waals surface area contributed by atoms with Crippen LogP contribution in [0.1, 0.15) is 12.5 Å². The Bertz CT molecular complexity index is 196. The first-order chi connectivity index (χ1) is 4.79.